The molecule has 0 radical (unpaired) electrons. The molecule has 2 unspecified atom stereocenters. The maximum Gasteiger partial charge on any atom is 0.225 e. The van der Waals surface area contributed by atoms with E-state index in [1.807, 2.05) is 6.07 Å². The third-order valence-corrected chi connectivity index (χ3v) is 5.44. The number of benzene rings is 1. The highest BCUT2D eigenvalue weighted by molar-refractivity contribution is 5.30. The zero-order chi connectivity index (χ0) is 17.2. The molecule has 2 aliphatic heterocycles. The molecular formula is C19H23FN4O. The van der Waals surface area contributed by atoms with Gasteiger partial charge in [0, 0.05) is 50.5 Å². The lowest BCUT2D eigenvalue weighted by Crippen LogP contribution is -2.57. The minimum Gasteiger partial charge on any atom is -0.388 e. The summed E-state index contributed by atoms with van der Waals surface area (Å²) in [7, 11) is 0. The SMILES string of the molecule is OC(c1ccc(F)cc1)[C@@H]1CCC2CN(c3ncccn3)CCN2C1. The first-order chi connectivity index (χ1) is 12.2. The van der Waals surface area contributed by atoms with Gasteiger partial charge in [-0.3, -0.25) is 4.90 Å². The molecule has 2 aromatic rings. The summed E-state index contributed by atoms with van der Waals surface area (Å²) in [5.74, 6) is 0.732. The molecule has 0 amide bonds. The molecule has 1 aromatic carbocycles. The van der Waals surface area contributed by atoms with Gasteiger partial charge in [-0.05, 0) is 36.6 Å². The van der Waals surface area contributed by atoms with E-state index >= 15 is 0 Å². The van der Waals surface area contributed by atoms with Crippen LogP contribution in [0.1, 0.15) is 24.5 Å². The molecule has 3 atom stereocenters. The van der Waals surface area contributed by atoms with Gasteiger partial charge in [0.2, 0.25) is 5.95 Å². The topological polar surface area (TPSA) is 52.5 Å². The van der Waals surface area contributed by atoms with Gasteiger partial charge in [-0.15, -0.1) is 0 Å². The van der Waals surface area contributed by atoms with E-state index in [-0.39, 0.29) is 11.7 Å². The third kappa shape index (κ3) is 3.50. The Kier molecular flexibility index (Phi) is 4.63. The smallest absolute Gasteiger partial charge is 0.225 e. The van der Waals surface area contributed by atoms with Gasteiger partial charge < -0.3 is 10.0 Å². The number of halogens is 1. The van der Waals surface area contributed by atoms with Gasteiger partial charge >= 0.3 is 0 Å². The fourth-order valence-electron chi connectivity index (χ4n) is 4.03. The number of aliphatic hydroxyl groups is 1. The van der Waals surface area contributed by atoms with Crippen molar-refractivity contribution >= 4 is 5.95 Å². The molecule has 0 saturated carbocycles. The first-order valence-corrected chi connectivity index (χ1v) is 8.90. The Hall–Kier alpha value is -2.05. The second-order valence-corrected chi connectivity index (χ2v) is 6.98. The predicted octanol–water partition coefficient (Wildman–Crippen LogP) is 2.25. The summed E-state index contributed by atoms with van der Waals surface area (Å²) in [6.07, 6.45) is 5.06. The fourth-order valence-corrected chi connectivity index (χ4v) is 4.03. The number of nitrogens with zero attached hydrogens (tertiary/aromatic N) is 4. The van der Waals surface area contributed by atoms with Gasteiger partial charge in [0.1, 0.15) is 5.82 Å². The Labute approximate surface area is 147 Å². The van der Waals surface area contributed by atoms with E-state index in [9.17, 15) is 9.50 Å². The summed E-state index contributed by atoms with van der Waals surface area (Å²) in [4.78, 5) is 13.4. The molecule has 0 bridgehead atoms. The van der Waals surface area contributed by atoms with Crippen molar-refractivity contribution in [3.63, 3.8) is 0 Å². The highest BCUT2D eigenvalue weighted by atomic mass is 19.1. The highest BCUT2D eigenvalue weighted by Gasteiger charge is 2.36. The molecule has 6 heteroatoms. The zero-order valence-corrected chi connectivity index (χ0v) is 14.1. The number of fused-ring (bicyclic) bond motifs is 1. The van der Waals surface area contributed by atoms with Crippen LogP contribution < -0.4 is 4.90 Å². The molecule has 25 heavy (non-hydrogen) atoms. The van der Waals surface area contributed by atoms with Crippen molar-refractivity contribution in [1.29, 1.82) is 0 Å². The number of piperazine rings is 1. The number of piperidine rings is 1. The Morgan fingerprint density at radius 3 is 2.56 bits per heavy atom. The number of hydrogen-bond donors (Lipinski definition) is 1. The first-order valence-electron chi connectivity index (χ1n) is 8.90. The van der Waals surface area contributed by atoms with Gasteiger partial charge in [-0.2, -0.15) is 0 Å². The zero-order valence-electron chi connectivity index (χ0n) is 14.1. The molecular weight excluding hydrogens is 319 g/mol. The van der Waals surface area contributed by atoms with Crippen molar-refractivity contribution in [3.05, 3.63) is 54.1 Å². The molecule has 2 aliphatic rings. The standard InChI is InChI=1S/C19H23FN4O/c20-16-5-2-14(3-6-16)18(25)15-4-7-17-13-24(11-10-23(17)12-15)19-21-8-1-9-22-19/h1-3,5-6,8-9,15,17-18,25H,4,7,10-13H2/t15-,17?,18?/m1/s1. The monoisotopic (exact) mass is 342 g/mol. The Bertz CT molecular complexity index is 696. The molecule has 4 rings (SSSR count). The maximum absolute atomic E-state index is 13.1. The summed E-state index contributed by atoms with van der Waals surface area (Å²) in [5, 5.41) is 10.7. The van der Waals surface area contributed by atoms with Crippen LogP contribution in [0.3, 0.4) is 0 Å². The number of rotatable bonds is 3. The molecule has 0 aliphatic carbocycles. The van der Waals surface area contributed by atoms with E-state index in [1.54, 1.807) is 24.5 Å². The lowest BCUT2D eigenvalue weighted by Gasteiger charge is -2.47. The maximum atomic E-state index is 13.1. The van der Waals surface area contributed by atoms with Crippen LogP contribution in [0, 0.1) is 11.7 Å². The van der Waals surface area contributed by atoms with E-state index < -0.39 is 6.10 Å². The van der Waals surface area contributed by atoms with Crippen molar-refractivity contribution in [1.82, 2.24) is 14.9 Å². The van der Waals surface area contributed by atoms with Gasteiger partial charge in [-0.25, -0.2) is 14.4 Å². The Morgan fingerprint density at radius 1 is 1.04 bits per heavy atom. The second kappa shape index (κ2) is 7.06. The van der Waals surface area contributed by atoms with E-state index in [0.717, 1.165) is 50.5 Å². The minimum absolute atomic E-state index is 0.196. The summed E-state index contributed by atoms with van der Waals surface area (Å²) in [6.45, 7) is 3.67. The van der Waals surface area contributed by atoms with E-state index in [4.69, 9.17) is 0 Å². The number of anilines is 1. The predicted molar refractivity (Wildman–Crippen MR) is 93.7 cm³/mol. The average Bonchev–Trinajstić information content (AvgIpc) is 2.68. The van der Waals surface area contributed by atoms with Crippen LogP contribution in [0.5, 0.6) is 0 Å². The lowest BCUT2D eigenvalue weighted by atomic mass is 9.85. The van der Waals surface area contributed by atoms with Crippen molar-refractivity contribution in [2.45, 2.75) is 25.0 Å². The molecule has 3 heterocycles. The molecule has 5 nitrogen and oxygen atoms in total. The molecule has 1 aromatic heterocycles. The summed E-state index contributed by atoms with van der Waals surface area (Å²) in [5.41, 5.74) is 0.807. The lowest BCUT2D eigenvalue weighted by molar-refractivity contribution is 0.0201. The average molecular weight is 342 g/mol. The molecule has 2 saturated heterocycles. The molecule has 1 N–H and O–H groups in total. The summed E-state index contributed by atoms with van der Waals surface area (Å²) in [6, 6.07) is 8.54. The van der Waals surface area contributed by atoms with E-state index in [0.29, 0.717) is 6.04 Å². The van der Waals surface area contributed by atoms with Gasteiger partial charge in [-0.1, -0.05) is 12.1 Å². The highest BCUT2D eigenvalue weighted by Crippen LogP contribution is 2.33. The van der Waals surface area contributed by atoms with Crippen LogP contribution in [0.2, 0.25) is 0 Å². The number of aromatic nitrogens is 2. The van der Waals surface area contributed by atoms with Gasteiger partial charge in [0.15, 0.2) is 0 Å². The first kappa shape index (κ1) is 16.4. The molecule has 0 spiro atoms. The Morgan fingerprint density at radius 2 is 1.80 bits per heavy atom. The van der Waals surface area contributed by atoms with Crippen molar-refractivity contribution in [2.24, 2.45) is 5.92 Å². The van der Waals surface area contributed by atoms with Crippen LogP contribution >= 0.6 is 0 Å². The third-order valence-electron chi connectivity index (χ3n) is 5.44. The largest absolute Gasteiger partial charge is 0.388 e. The molecule has 132 valence electrons. The number of aliphatic hydroxyl groups excluding tert-OH is 1. The quantitative estimate of drug-likeness (QED) is 0.927. The van der Waals surface area contributed by atoms with Crippen LogP contribution in [-0.4, -0.2) is 52.2 Å². The fraction of sp³-hybridized carbons (Fsp3) is 0.474. The van der Waals surface area contributed by atoms with Gasteiger partial charge in [0.25, 0.3) is 0 Å². The van der Waals surface area contributed by atoms with Crippen LogP contribution in [0.15, 0.2) is 42.7 Å². The molecule has 2 fully saturated rings. The number of hydrogen-bond acceptors (Lipinski definition) is 5. The second-order valence-electron chi connectivity index (χ2n) is 6.98. The van der Waals surface area contributed by atoms with Gasteiger partial charge in [0.05, 0.1) is 6.10 Å². The van der Waals surface area contributed by atoms with Crippen molar-refractivity contribution in [3.8, 4) is 0 Å². The summed E-state index contributed by atoms with van der Waals surface area (Å²) < 4.78 is 13.1. The summed E-state index contributed by atoms with van der Waals surface area (Å²) >= 11 is 0. The van der Waals surface area contributed by atoms with Crippen LogP contribution in [0.25, 0.3) is 0 Å². The van der Waals surface area contributed by atoms with Crippen LogP contribution in [0.4, 0.5) is 10.3 Å². The van der Waals surface area contributed by atoms with Crippen LogP contribution in [-0.2, 0) is 0 Å². The Balaban J connectivity index is 1.39. The van der Waals surface area contributed by atoms with Crippen molar-refractivity contribution in [2.75, 3.05) is 31.1 Å². The normalized spacial score (nSPS) is 25.4. The van der Waals surface area contributed by atoms with Crippen molar-refractivity contribution < 1.29 is 9.50 Å². The minimum atomic E-state index is -0.531. The van der Waals surface area contributed by atoms with E-state index in [1.165, 1.54) is 12.1 Å². The van der Waals surface area contributed by atoms with E-state index in [2.05, 4.69) is 19.8 Å².